The first-order valence-electron chi connectivity index (χ1n) is 6.81. The van der Waals surface area contributed by atoms with Gasteiger partial charge >= 0.3 is 0 Å². The average molecular weight is 362 g/mol. The second-order valence-electron chi connectivity index (χ2n) is 5.23. The zero-order chi connectivity index (χ0) is 17.6. The number of fused-ring (bicyclic) bond motifs is 1. The lowest BCUT2D eigenvalue weighted by molar-refractivity contribution is 0.470. The van der Waals surface area contributed by atoms with Gasteiger partial charge < -0.3 is 4.74 Å². The van der Waals surface area contributed by atoms with Crippen LogP contribution < -0.4 is 4.74 Å². The summed E-state index contributed by atoms with van der Waals surface area (Å²) in [6.07, 6.45) is 0. The van der Waals surface area contributed by atoms with Gasteiger partial charge in [-0.15, -0.1) is 0 Å². The number of ether oxygens (including phenoxy) is 1. The maximum atomic E-state index is 13.5. The van der Waals surface area contributed by atoms with Gasteiger partial charge in [-0.05, 0) is 31.2 Å². The molecular formula is C16H11FN2O3S2. The minimum atomic E-state index is -3.71. The Balaban J connectivity index is 2.11. The predicted molar refractivity (Wildman–Crippen MR) is 89.0 cm³/mol. The molecular weight excluding hydrogens is 351 g/mol. The molecule has 24 heavy (non-hydrogen) atoms. The van der Waals surface area contributed by atoms with Crippen molar-refractivity contribution < 1.29 is 17.5 Å². The average Bonchev–Trinajstić information content (AvgIpc) is 2.70. The Labute approximate surface area is 143 Å². The van der Waals surface area contributed by atoms with Gasteiger partial charge in [-0.1, -0.05) is 12.2 Å². The lowest BCUT2D eigenvalue weighted by Gasteiger charge is -2.12. The Morgan fingerprint density at radius 3 is 2.67 bits per heavy atom. The molecule has 0 N–H and O–H groups in total. The highest BCUT2D eigenvalue weighted by Gasteiger charge is 2.38. The van der Waals surface area contributed by atoms with Crippen molar-refractivity contribution in [3.63, 3.8) is 0 Å². The van der Waals surface area contributed by atoms with Gasteiger partial charge in [0.15, 0.2) is 0 Å². The van der Waals surface area contributed by atoms with E-state index >= 15 is 0 Å². The molecule has 0 aliphatic carbocycles. The minimum Gasteiger partial charge on any atom is -0.457 e. The van der Waals surface area contributed by atoms with Crippen LogP contribution in [0.1, 0.15) is 16.7 Å². The van der Waals surface area contributed by atoms with Crippen LogP contribution in [-0.4, -0.2) is 24.8 Å². The fourth-order valence-electron chi connectivity index (χ4n) is 2.51. The van der Waals surface area contributed by atoms with Crippen molar-refractivity contribution in [1.82, 2.24) is 4.31 Å². The van der Waals surface area contributed by atoms with Gasteiger partial charge in [-0.25, -0.2) is 12.8 Å². The molecule has 0 spiro atoms. The van der Waals surface area contributed by atoms with E-state index in [1.807, 2.05) is 6.07 Å². The summed E-state index contributed by atoms with van der Waals surface area (Å²) in [7, 11) is -2.32. The van der Waals surface area contributed by atoms with Gasteiger partial charge in [0.2, 0.25) is 0 Å². The van der Waals surface area contributed by atoms with E-state index in [2.05, 4.69) is 0 Å². The Morgan fingerprint density at radius 1 is 1.29 bits per heavy atom. The van der Waals surface area contributed by atoms with Crippen molar-refractivity contribution in [3.05, 3.63) is 52.8 Å². The highest BCUT2D eigenvalue weighted by molar-refractivity contribution is 7.92. The molecule has 2 aromatic carbocycles. The number of halogens is 1. The molecule has 0 fully saturated rings. The Morgan fingerprint density at radius 2 is 2.00 bits per heavy atom. The summed E-state index contributed by atoms with van der Waals surface area (Å²) in [4.78, 5) is 0.307. The van der Waals surface area contributed by atoms with Crippen LogP contribution in [0.4, 0.5) is 4.39 Å². The van der Waals surface area contributed by atoms with E-state index < -0.39 is 15.8 Å². The molecule has 5 nitrogen and oxygen atoms in total. The lowest BCUT2D eigenvalue weighted by atomic mass is 10.1. The summed E-state index contributed by atoms with van der Waals surface area (Å²) >= 11 is 5.15. The zero-order valence-electron chi connectivity index (χ0n) is 12.7. The molecule has 0 amide bonds. The zero-order valence-corrected chi connectivity index (χ0v) is 14.3. The van der Waals surface area contributed by atoms with E-state index in [0.29, 0.717) is 11.1 Å². The van der Waals surface area contributed by atoms with Gasteiger partial charge in [-0.2, -0.15) is 5.26 Å². The van der Waals surface area contributed by atoms with Crippen LogP contribution in [-0.2, 0) is 10.0 Å². The summed E-state index contributed by atoms with van der Waals surface area (Å²) in [5.41, 5.74) is 0.925. The normalized spacial score (nSPS) is 15.1. The number of hydrogen-bond acceptors (Lipinski definition) is 5. The Bertz CT molecular complexity index is 1030. The maximum absolute atomic E-state index is 13.5. The van der Waals surface area contributed by atoms with Crippen molar-refractivity contribution in [2.24, 2.45) is 0 Å². The molecule has 0 atom stereocenters. The molecule has 2 aromatic rings. The van der Waals surface area contributed by atoms with Crippen molar-refractivity contribution >= 4 is 27.2 Å². The summed E-state index contributed by atoms with van der Waals surface area (Å²) in [6.45, 7) is 1.60. The molecule has 3 rings (SSSR count). The van der Waals surface area contributed by atoms with Crippen LogP contribution in [0.15, 0.2) is 35.2 Å². The van der Waals surface area contributed by atoms with E-state index in [0.717, 1.165) is 16.4 Å². The van der Waals surface area contributed by atoms with Gasteiger partial charge in [0.05, 0.1) is 11.6 Å². The van der Waals surface area contributed by atoms with Gasteiger partial charge in [0.25, 0.3) is 10.0 Å². The maximum Gasteiger partial charge on any atom is 0.265 e. The molecule has 1 aliphatic rings. The molecule has 0 saturated carbocycles. The van der Waals surface area contributed by atoms with Crippen molar-refractivity contribution in [2.75, 3.05) is 7.05 Å². The number of nitrogens with zero attached hydrogens (tertiary/aromatic N) is 2. The fraction of sp³-hybridized carbons (Fsp3) is 0.125. The van der Waals surface area contributed by atoms with E-state index in [9.17, 15) is 12.8 Å². The number of nitriles is 1. The molecule has 0 radical (unpaired) electrons. The Hall–Kier alpha value is -2.50. The smallest absolute Gasteiger partial charge is 0.265 e. The van der Waals surface area contributed by atoms with Crippen LogP contribution in [0.5, 0.6) is 11.5 Å². The second-order valence-corrected chi connectivity index (χ2v) is 7.53. The van der Waals surface area contributed by atoms with E-state index in [4.69, 9.17) is 22.2 Å². The topological polar surface area (TPSA) is 70.4 Å². The van der Waals surface area contributed by atoms with Crippen LogP contribution in [0, 0.1) is 24.1 Å². The van der Waals surface area contributed by atoms with Crippen LogP contribution in [0.3, 0.4) is 0 Å². The van der Waals surface area contributed by atoms with Gasteiger partial charge in [0.1, 0.15) is 27.2 Å². The molecule has 1 aliphatic heterocycles. The molecule has 0 saturated heterocycles. The summed E-state index contributed by atoms with van der Waals surface area (Å²) in [5.74, 6) is -0.248. The number of sulfonamides is 1. The largest absolute Gasteiger partial charge is 0.457 e. The number of benzene rings is 2. The monoisotopic (exact) mass is 362 g/mol. The van der Waals surface area contributed by atoms with Crippen molar-refractivity contribution in [1.29, 1.82) is 5.26 Å². The first-order valence-corrected chi connectivity index (χ1v) is 8.66. The van der Waals surface area contributed by atoms with Crippen molar-refractivity contribution in [3.8, 4) is 17.6 Å². The molecule has 1 heterocycles. The minimum absolute atomic E-state index is 0.0874. The molecule has 122 valence electrons. The highest BCUT2D eigenvalue weighted by atomic mass is 32.2. The standard InChI is InChI=1S/C16H11FN2O3S2/c1-9-14(22-12-6-10(8-18)5-11(17)7-12)4-3-13-15(9)24(20,21)19(2)16(13)23/h3-7H,1-2H3. The third kappa shape index (κ3) is 2.42. The first kappa shape index (κ1) is 16.4. The highest BCUT2D eigenvalue weighted by Crippen LogP contribution is 2.38. The van der Waals surface area contributed by atoms with Crippen LogP contribution in [0.25, 0.3) is 0 Å². The SMILES string of the molecule is Cc1c(Oc2cc(F)cc(C#N)c2)ccc2c1S(=O)(=O)N(C)C2=S. The fourth-order valence-corrected chi connectivity index (χ4v) is 4.56. The molecule has 0 unspecified atom stereocenters. The van der Waals surface area contributed by atoms with E-state index in [1.165, 1.54) is 13.1 Å². The number of hydrogen-bond donors (Lipinski definition) is 0. The molecule has 0 aromatic heterocycles. The number of thiocarbonyl (C=S) groups is 1. The van der Waals surface area contributed by atoms with E-state index in [1.54, 1.807) is 19.1 Å². The first-order chi connectivity index (χ1) is 11.3. The van der Waals surface area contributed by atoms with Gasteiger partial charge in [-0.3, -0.25) is 4.31 Å². The molecule has 8 heteroatoms. The third-order valence-corrected chi connectivity index (χ3v) is 6.27. The van der Waals surface area contributed by atoms with Gasteiger partial charge in [0, 0.05) is 24.2 Å². The van der Waals surface area contributed by atoms with E-state index in [-0.39, 0.29) is 26.9 Å². The van der Waals surface area contributed by atoms with Crippen molar-refractivity contribution in [2.45, 2.75) is 11.8 Å². The molecule has 0 bridgehead atoms. The summed E-state index contributed by atoms with van der Waals surface area (Å²) in [5, 5.41) is 8.89. The number of rotatable bonds is 2. The predicted octanol–water partition coefficient (Wildman–Crippen LogP) is 3.11. The van der Waals surface area contributed by atoms with Crippen LogP contribution in [0.2, 0.25) is 0 Å². The third-order valence-electron chi connectivity index (χ3n) is 3.72. The second kappa shape index (κ2) is 5.54. The summed E-state index contributed by atoms with van der Waals surface area (Å²) in [6, 6.07) is 8.56. The summed E-state index contributed by atoms with van der Waals surface area (Å²) < 4.78 is 45.1. The van der Waals surface area contributed by atoms with Crippen LogP contribution >= 0.6 is 12.2 Å². The quantitative estimate of drug-likeness (QED) is 0.768. The Kier molecular flexibility index (Phi) is 3.78. The lowest BCUT2D eigenvalue weighted by Crippen LogP contribution is -2.24.